The van der Waals surface area contributed by atoms with Gasteiger partial charge in [-0.1, -0.05) is 42.8 Å². The molecule has 1 unspecified atom stereocenters. The van der Waals surface area contributed by atoms with E-state index in [4.69, 9.17) is 0 Å². The van der Waals surface area contributed by atoms with E-state index >= 15 is 0 Å². The Balaban J connectivity index is 2.16. The molecule has 0 aliphatic heterocycles. The van der Waals surface area contributed by atoms with Gasteiger partial charge in [0.15, 0.2) is 0 Å². The fourth-order valence-corrected chi connectivity index (χ4v) is 1.69. The molecule has 1 heteroatoms. The van der Waals surface area contributed by atoms with E-state index in [2.05, 4.69) is 56.1 Å². The summed E-state index contributed by atoms with van der Waals surface area (Å²) in [7, 11) is 0. The largest absolute Gasteiger partial charge is 0.316 e. The minimum absolute atomic E-state index is 0.638. The highest BCUT2D eigenvalue weighted by molar-refractivity contribution is 5.18. The number of hydrogen-bond donors (Lipinski definition) is 1. The lowest BCUT2D eigenvalue weighted by Crippen LogP contribution is -2.18. The zero-order chi connectivity index (χ0) is 11.8. The second-order valence-corrected chi connectivity index (χ2v) is 4.56. The summed E-state index contributed by atoms with van der Waals surface area (Å²) < 4.78 is 0. The average molecular weight is 217 g/mol. The molecule has 0 aliphatic rings. The van der Waals surface area contributed by atoms with Crippen LogP contribution in [-0.4, -0.2) is 13.1 Å². The second kappa shape index (κ2) is 7.24. The van der Waals surface area contributed by atoms with Gasteiger partial charge in [-0.15, -0.1) is 6.58 Å². The van der Waals surface area contributed by atoms with Crippen molar-refractivity contribution in [1.29, 1.82) is 0 Å². The fraction of sp³-hybridized carbons (Fsp3) is 0.467. The van der Waals surface area contributed by atoms with E-state index in [0.717, 1.165) is 19.5 Å². The summed E-state index contributed by atoms with van der Waals surface area (Å²) in [5, 5.41) is 3.46. The number of nitrogens with one attached hydrogen (secondary N) is 1. The Bertz CT molecular complexity index is 302. The monoisotopic (exact) mass is 217 g/mol. The van der Waals surface area contributed by atoms with E-state index in [1.54, 1.807) is 0 Å². The molecule has 88 valence electrons. The van der Waals surface area contributed by atoms with Crippen molar-refractivity contribution in [3.05, 3.63) is 48.0 Å². The lowest BCUT2D eigenvalue weighted by Gasteiger charge is -2.12. The minimum Gasteiger partial charge on any atom is -0.316 e. The van der Waals surface area contributed by atoms with Crippen LogP contribution in [0.3, 0.4) is 0 Å². The highest BCUT2D eigenvalue weighted by atomic mass is 14.8. The molecule has 1 aromatic rings. The molecule has 0 amide bonds. The SMILES string of the molecule is C=C(C)CCNCCC(C)c1ccccc1. The second-order valence-electron chi connectivity index (χ2n) is 4.56. The molecule has 16 heavy (non-hydrogen) atoms. The van der Waals surface area contributed by atoms with E-state index in [9.17, 15) is 0 Å². The van der Waals surface area contributed by atoms with E-state index in [-0.39, 0.29) is 0 Å². The smallest absolute Gasteiger partial charge is 0.00118 e. The first-order valence-corrected chi connectivity index (χ1v) is 6.10. The normalized spacial score (nSPS) is 12.4. The first kappa shape index (κ1) is 13.0. The minimum atomic E-state index is 0.638. The summed E-state index contributed by atoms with van der Waals surface area (Å²) in [4.78, 5) is 0. The molecule has 0 aliphatic carbocycles. The van der Waals surface area contributed by atoms with E-state index in [1.165, 1.54) is 17.6 Å². The van der Waals surface area contributed by atoms with Crippen LogP contribution in [0.4, 0.5) is 0 Å². The van der Waals surface area contributed by atoms with Crippen LogP contribution in [0.5, 0.6) is 0 Å². The maximum absolute atomic E-state index is 3.90. The first-order valence-electron chi connectivity index (χ1n) is 6.10. The third-order valence-corrected chi connectivity index (χ3v) is 2.85. The Labute approximate surface area is 99.6 Å². The van der Waals surface area contributed by atoms with E-state index in [1.807, 2.05) is 0 Å². The Kier molecular flexibility index (Phi) is 5.87. The van der Waals surface area contributed by atoms with Gasteiger partial charge in [-0.05, 0) is 44.3 Å². The van der Waals surface area contributed by atoms with Crippen LogP contribution in [0.2, 0.25) is 0 Å². The van der Waals surface area contributed by atoms with Crippen molar-refractivity contribution in [2.24, 2.45) is 0 Å². The fourth-order valence-electron chi connectivity index (χ4n) is 1.69. The summed E-state index contributed by atoms with van der Waals surface area (Å²) in [6.07, 6.45) is 2.28. The Morgan fingerprint density at radius 2 is 1.94 bits per heavy atom. The number of hydrogen-bond acceptors (Lipinski definition) is 1. The summed E-state index contributed by atoms with van der Waals surface area (Å²) in [5.41, 5.74) is 2.69. The number of rotatable bonds is 7. The van der Waals surface area contributed by atoms with Crippen LogP contribution in [0, 0.1) is 0 Å². The molecule has 1 aromatic carbocycles. The molecule has 1 N–H and O–H groups in total. The Morgan fingerprint density at radius 1 is 1.25 bits per heavy atom. The van der Waals surface area contributed by atoms with Gasteiger partial charge in [0.25, 0.3) is 0 Å². The lowest BCUT2D eigenvalue weighted by atomic mass is 9.98. The van der Waals surface area contributed by atoms with Crippen molar-refractivity contribution in [3.63, 3.8) is 0 Å². The van der Waals surface area contributed by atoms with Crippen molar-refractivity contribution in [2.75, 3.05) is 13.1 Å². The molecular weight excluding hydrogens is 194 g/mol. The summed E-state index contributed by atoms with van der Waals surface area (Å²) in [5.74, 6) is 0.638. The maximum Gasteiger partial charge on any atom is -0.00118 e. The van der Waals surface area contributed by atoms with Crippen LogP contribution < -0.4 is 5.32 Å². The van der Waals surface area contributed by atoms with Crippen molar-refractivity contribution in [1.82, 2.24) is 5.32 Å². The third-order valence-electron chi connectivity index (χ3n) is 2.85. The molecule has 0 bridgehead atoms. The molecule has 1 rings (SSSR count). The third kappa shape index (κ3) is 5.13. The molecule has 0 fully saturated rings. The number of benzene rings is 1. The van der Waals surface area contributed by atoms with Crippen LogP contribution in [0.1, 0.15) is 38.2 Å². The Hall–Kier alpha value is -1.08. The van der Waals surface area contributed by atoms with Gasteiger partial charge < -0.3 is 5.32 Å². The highest BCUT2D eigenvalue weighted by Crippen LogP contribution is 2.17. The summed E-state index contributed by atoms with van der Waals surface area (Å²) in [6.45, 7) is 10.4. The molecule has 0 spiro atoms. The molecule has 1 atom stereocenters. The van der Waals surface area contributed by atoms with Crippen molar-refractivity contribution in [3.8, 4) is 0 Å². The summed E-state index contributed by atoms with van der Waals surface area (Å²) >= 11 is 0. The van der Waals surface area contributed by atoms with Gasteiger partial charge in [0.2, 0.25) is 0 Å². The van der Waals surface area contributed by atoms with Gasteiger partial charge in [-0.2, -0.15) is 0 Å². The predicted octanol–water partition coefficient (Wildman–Crippen LogP) is 3.74. The molecular formula is C15H23N. The molecule has 0 heterocycles. The van der Waals surface area contributed by atoms with Gasteiger partial charge in [-0.3, -0.25) is 0 Å². The standard InChI is InChI=1S/C15H23N/c1-13(2)9-11-16-12-10-14(3)15-7-5-4-6-8-15/h4-8,14,16H,1,9-12H2,2-3H3. The lowest BCUT2D eigenvalue weighted by molar-refractivity contribution is 0.594. The van der Waals surface area contributed by atoms with Crippen molar-refractivity contribution >= 4 is 0 Å². The summed E-state index contributed by atoms with van der Waals surface area (Å²) in [6, 6.07) is 10.7. The van der Waals surface area contributed by atoms with Crippen LogP contribution in [0.25, 0.3) is 0 Å². The van der Waals surface area contributed by atoms with Gasteiger partial charge in [0.05, 0.1) is 0 Å². The highest BCUT2D eigenvalue weighted by Gasteiger charge is 2.03. The van der Waals surface area contributed by atoms with E-state index in [0.29, 0.717) is 5.92 Å². The molecule has 0 saturated carbocycles. The Morgan fingerprint density at radius 3 is 2.56 bits per heavy atom. The molecule has 0 saturated heterocycles. The van der Waals surface area contributed by atoms with Crippen molar-refractivity contribution in [2.45, 2.75) is 32.6 Å². The van der Waals surface area contributed by atoms with Crippen LogP contribution in [-0.2, 0) is 0 Å². The van der Waals surface area contributed by atoms with Crippen LogP contribution in [0.15, 0.2) is 42.5 Å². The van der Waals surface area contributed by atoms with Crippen molar-refractivity contribution < 1.29 is 0 Å². The predicted molar refractivity (Wildman–Crippen MR) is 71.8 cm³/mol. The maximum atomic E-state index is 3.90. The zero-order valence-electron chi connectivity index (χ0n) is 10.5. The average Bonchev–Trinajstić information content (AvgIpc) is 2.29. The first-order chi connectivity index (χ1) is 7.70. The molecule has 1 nitrogen and oxygen atoms in total. The van der Waals surface area contributed by atoms with Gasteiger partial charge in [0, 0.05) is 0 Å². The molecule has 0 radical (unpaired) electrons. The topological polar surface area (TPSA) is 12.0 Å². The van der Waals surface area contributed by atoms with Gasteiger partial charge in [-0.25, -0.2) is 0 Å². The van der Waals surface area contributed by atoms with Gasteiger partial charge in [0.1, 0.15) is 0 Å². The van der Waals surface area contributed by atoms with Crippen LogP contribution >= 0.6 is 0 Å². The molecule has 0 aromatic heterocycles. The quantitative estimate of drug-likeness (QED) is 0.542. The van der Waals surface area contributed by atoms with E-state index < -0.39 is 0 Å². The van der Waals surface area contributed by atoms with Gasteiger partial charge >= 0.3 is 0 Å². The zero-order valence-corrected chi connectivity index (χ0v) is 10.5.